The van der Waals surface area contributed by atoms with Gasteiger partial charge in [0.2, 0.25) is 0 Å². The summed E-state index contributed by atoms with van der Waals surface area (Å²) in [6.07, 6.45) is 8.74. The third kappa shape index (κ3) is 5.33. The molecule has 0 saturated heterocycles. The maximum atomic E-state index is 14.5. The lowest BCUT2D eigenvalue weighted by molar-refractivity contribution is 0.202. The van der Waals surface area contributed by atoms with Crippen LogP contribution in [0.1, 0.15) is 56.3 Å². The first-order valence-electron chi connectivity index (χ1n) is 9.62. The fourth-order valence-electron chi connectivity index (χ4n) is 3.09. The highest BCUT2D eigenvalue weighted by Crippen LogP contribution is 2.37. The number of nitrogens with zero attached hydrogens (tertiary/aromatic N) is 3. The van der Waals surface area contributed by atoms with E-state index >= 15 is 0 Å². The minimum atomic E-state index is -1.07. The zero-order chi connectivity index (χ0) is 20.9. The molecule has 154 valence electrons. The van der Waals surface area contributed by atoms with Crippen molar-refractivity contribution in [2.45, 2.75) is 44.9 Å². The number of anilines is 1. The number of unbranched alkanes of at least 4 members (excludes halogenated alkanes) is 1. The Hall–Kier alpha value is -2.45. The summed E-state index contributed by atoms with van der Waals surface area (Å²) in [4.78, 5) is 13.0. The third-order valence-electron chi connectivity index (χ3n) is 4.76. The summed E-state index contributed by atoms with van der Waals surface area (Å²) in [5, 5.41) is 13.9. The summed E-state index contributed by atoms with van der Waals surface area (Å²) in [7, 11) is 0. The number of nitrogens with one attached hydrogen (secondary N) is 1. The molecule has 0 radical (unpaired) electrons. The molecule has 0 bridgehead atoms. The molecule has 1 aromatic heterocycles. The Kier molecular flexibility index (Phi) is 6.87. The third-order valence-corrected chi connectivity index (χ3v) is 5.56. The second-order valence-electron chi connectivity index (χ2n) is 7.12. The largest absolute Gasteiger partial charge is 0.379 e. The van der Waals surface area contributed by atoms with Crippen molar-refractivity contribution in [3.63, 3.8) is 0 Å². The average molecular weight is 416 g/mol. The predicted octanol–water partition coefficient (Wildman–Crippen LogP) is 4.20. The van der Waals surface area contributed by atoms with Crippen LogP contribution in [-0.4, -0.2) is 26.0 Å². The summed E-state index contributed by atoms with van der Waals surface area (Å²) in [6, 6.07) is 4.61. The van der Waals surface area contributed by atoms with E-state index in [9.17, 15) is 9.50 Å². The fraction of sp³-hybridized carbons (Fsp3) is 0.381. The van der Waals surface area contributed by atoms with Crippen molar-refractivity contribution in [3.8, 4) is 0 Å². The van der Waals surface area contributed by atoms with Crippen molar-refractivity contribution in [3.05, 3.63) is 59.4 Å². The topological polar surface area (TPSA) is 96.4 Å². The molecule has 3 rings (SSSR count). The number of aliphatic hydroxyl groups is 1. The fourth-order valence-corrected chi connectivity index (χ4v) is 4.06. The Morgan fingerprint density at radius 2 is 2.21 bits per heavy atom. The van der Waals surface area contributed by atoms with Crippen LogP contribution >= 0.6 is 11.8 Å². The average Bonchev–Trinajstić information content (AvgIpc) is 2.70. The SMILES string of the molecule is CCC/C=C/c1cnc(C(O)Nc2ccc(F)c([C@]3(C)CCSC(N)=N3)c2)cn1. The second-order valence-corrected chi connectivity index (χ2v) is 8.24. The molecular formula is C21H26FN5OS. The standard InChI is InChI=1S/C21H26FN5OS/c1-3-4-5-6-15-12-25-18(13-24-15)19(28)26-14-7-8-17(22)16(11-14)21(2)9-10-29-20(23)27-21/h5-8,11-13,19,26,28H,3-4,9-10H2,1-2H3,(H2,23,27)/b6-5+/t19?,21-/m0/s1. The van der Waals surface area contributed by atoms with Crippen molar-refractivity contribution in [1.82, 2.24) is 9.97 Å². The normalized spacial score (nSPS) is 20.5. The molecule has 0 aliphatic carbocycles. The van der Waals surface area contributed by atoms with Crippen molar-refractivity contribution in [1.29, 1.82) is 0 Å². The molecule has 0 spiro atoms. The van der Waals surface area contributed by atoms with Gasteiger partial charge in [0, 0.05) is 17.0 Å². The number of benzene rings is 1. The summed E-state index contributed by atoms with van der Waals surface area (Å²) in [5.41, 5.74) is 7.25. The Bertz CT molecular complexity index is 902. The smallest absolute Gasteiger partial charge is 0.169 e. The Balaban J connectivity index is 1.76. The van der Waals surface area contributed by atoms with E-state index in [2.05, 4.69) is 27.2 Å². The van der Waals surface area contributed by atoms with E-state index < -0.39 is 11.8 Å². The van der Waals surface area contributed by atoms with Gasteiger partial charge in [-0.3, -0.25) is 15.0 Å². The minimum absolute atomic E-state index is 0.348. The number of rotatable bonds is 7. The second kappa shape index (κ2) is 9.37. The highest BCUT2D eigenvalue weighted by atomic mass is 32.2. The lowest BCUT2D eigenvalue weighted by atomic mass is 9.89. The van der Waals surface area contributed by atoms with Gasteiger partial charge in [-0.15, -0.1) is 0 Å². The Morgan fingerprint density at radius 3 is 2.90 bits per heavy atom. The van der Waals surface area contributed by atoms with Crippen LogP contribution in [-0.2, 0) is 5.54 Å². The number of allylic oxidation sites excluding steroid dienone is 1. The van der Waals surface area contributed by atoms with Crippen LogP contribution in [0.15, 0.2) is 41.7 Å². The molecule has 8 heteroatoms. The predicted molar refractivity (Wildman–Crippen MR) is 117 cm³/mol. The van der Waals surface area contributed by atoms with E-state index in [1.165, 1.54) is 24.0 Å². The highest BCUT2D eigenvalue weighted by Gasteiger charge is 2.32. The number of hydrogen-bond donors (Lipinski definition) is 3. The van der Waals surface area contributed by atoms with Crippen LogP contribution in [0.2, 0.25) is 0 Å². The number of halogens is 1. The van der Waals surface area contributed by atoms with Crippen LogP contribution in [0.5, 0.6) is 0 Å². The van der Waals surface area contributed by atoms with E-state index in [0.717, 1.165) is 24.3 Å². The molecule has 1 unspecified atom stereocenters. The Labute approximate surface area is 174 Å². The molecular weight excluding hydrogens is 389 g/mol. The van der Waals surface area contributed by atoms with Crippen LogP contribution in [0, 0.1) is 5.82 Å². The van der Waals surface area contributed by atoms with Crippen LogP contribution < -0.4 is 11.1 Å². The molecule has 2 atom stereocenters. The first-order valence-corrected chi connectivity index (χ1v) is 10.6. The monoisotopic (exact) mass is 415 g/mol. The van der Waals surface area contributed by atoms with Crippen LogP contribution in [0.25, 0.3) is 6.08 Å². The number of thioether (sulfide) groups is 1. The van der Waals surface area contributed by atoms with Gasteiger partial charge in [0.25, 0.3) is 0 Å². The number of nitrogens with two attached hydrogens (primary N) is 1. The van der Waals surface area contributed by atoms with Gasteiger partial charge in [0.05, 0.1) is 23.6 Å². The quantitative estimate of drug-likeness (QED) is 0.587. The van der Waals surface area contributed by atoms with Gasteiger partial charge in [-0.2, -0.15) is 0 Å². The number of aromatic nitrogens is 2. The maximum absolute atomic E-state index is 14.5. The van der Waals surface area contributed by atoms with E-state index in [0.29, 0.717) is 28.5 Å². The molecule has 6 nitrogen and oxygen atoms in total. The number of aliphatic hydroxyl groups excluding tert-OH is 1. The Morgan fingerprint density at radius 1 is 1.38 bits per heavy atom. The number of aliphatic imine (C=N–C) groups is 1. The van der Waals surface area contributed by atoms with E-state index in [1.807, 2.05) is 19.1 Å². The molecule has 1 aromatic carbocycles. The van der Waals surface area contributed by atoms with Gasteiger partial charge in [-0.1, -0.05) is 31.2 Å². The van der Waals surface area contributed by atoms with Gasteiger partial charge in [0.1, 0.15) is 11.5 Å². The van der Waals surface area contributed by atoms with Gasteiger partial charge in [-0.05, 0) is 44.0 Å². The maximum Gasteiger partial charge on any atom is 0.169 e. The van der Waals surface area contributed by atoms with E-state index in [4.69, 9.17) is 5.73 Å². The van der Waals surface area contributed by atoms with E-state index in [1.54, 1.807) is 18.3 Å². The molecule has 0 saturated carbocycles. The minimum Gasteiger partial charge on any atom is -0.379 e. The van der Waals surface area contributed by atoms with Crippen molar-refractivity contribution in [2.24, 2.45) is 10.7 Å². The summed E-state index contributed by atoms with van der Waals surface area (Å²) < 4.78 is 14.5. The van der Waals surface area contributed by atoms with E-state index in [-0.39, 0.29) is 5.82 Å². The molecule has 2 aromatic rings. The molecule has 4 N–H and O–H groups in total. The van der Waals surface area contributed by atoms with Gasteiger partial charge in [-0.25, -0.2) is 4.39 Å². The molecule has 2 heterocycles. The summed E-state index contributed by atoms with van der Waals surface area (Å²) in [6.45, 7) is 3.98. The number of hydrogen-bond acceptors (Lipinski definition) is 7. The highest BCUT2D eigenvalue weighted by molar-refractivity contribution is 8.13. The first kappa shape index (κ1) is 21.3. The van der Waals surface area contributed by atoms with Crippen LogP contribution in [0.3, 0.4) is 0 Å². The lowest BCUT2D eigenvalue weighted by Gasteiger charge is -2.30. The summed E-state index contributed by atoms with van der Waals surface area (Å²) >= 11 is 1.47. The summed E-state index contributed by atoms with van der Waals surface area (Å²) in [5.74, 6) is 0.430. The zero-order valence-corrected chi connectivity index (χ0v) is 17.4. The molecule has 1 aliphatic rings. The lowest BCUT2D eigenvalue weighted by Crippen LogP contribution is -2.29. The van der Waals surface area contributed by atoms with Crippen molar-refractivity contribution < 1.29 is 9.50 Å². The van der Waals surface area contributed by atoms with Gasteiger partial charge < -0.3 is 16.2 Å². The van der Waals surface area contributed by atoms with Crippen LogP contribution in [0.4, 0.5) is 10.1 Å². The van der Waals surface area contributed by atoms with Gasteiger partial charge in [0.15, 0.2) is 11.4 Å². The zero-order valence-electron chi connectivity index (χ0n) is 16.6. The molecule has 0 amide bonds. The van der Waals surface area contributed by atoms with Crippen molar-refractivity contribution in [2.75, 3.05) is 11.1 Å². The first-order chi connectivity index (χ1) is 13.9. The molecule has 29 heavy (non-hydrogen) atoms. The van der Waals surface area contributed by atoms with Gasteiger partial charge >= 0.3 is 0 Å². The molecule has 1 aliphatic heterocycles. The molecule has 0 fully saturated rings. The van der Waals surface area contributed by atoms with Crippen molar-refractivity contribution >= 4 is 28.7 Å². The number of amidine groups is 1.